The van der Waals surface area contributed by atoms with Crippen LogP contribution in [0.1, 0.15) is 72.6 Å². The first-order valence-electron chi connectivity index (χ1n) is 13.8. The maximum atomic E-state index is 13.1. The molecule has 0 aromatic carbocycles. The molecule has 3 aliphatic carbocycles. The molecule has 0 aromatic rings. The highest BCUT2D eigenvalue weighted by Gasteiger charge is 2.50. The number of carbonyl (C=O) groups is 1. The van der Waals surface area contributed by atoms with E-state index in [1.54, 1.807) is 6.08 Å². The normalized spacial score (nSPS) is 34.9. The van der Waals surface area contributed by atoms with Crippen molar-refractivity contribution < 1.29 is 28.6 Å². The molecule has 3 aliphatic rings. The van der Waals surface area contributed by atoms with Crippen LogP contribution in [0.5, 0.6) is 0 Å². The molecule has 0 bridgehead atoms. The number of carbonyl (C=O) groups excluding carboxylic acids is 1. The Hall–Kier alpha value is -1.30. The summed E-state index contributed by atoms with van der Waals surface area (Å²) in [6, 6.07) is 0. The minimum atomic E-state index is -3.52. The molecule has 0 aliphatic heterocycles. The van der Waals surface area contributed by atoms with E-state index in [0.29, 0.717) is 24.7 Å². The van der Waals surface area contributed by atoms with Crippen molar-refractivity contribution >= 4 is 13.4 Å². The first-order chi connectivity index (χ1) is 17.4. The Bertz CT molecular complexity index is 986. The molecule has 37 heavy (non-hydrogen) atoms. The van der Waals surface area contributed by atoms with Crippen molar-refractivity contribution in [3.63, 3.8) is 0 Å². The van der Waals surface area contributed by atoms with Gasteiger partial charge in [-0.15, -0.1) is 0 Å². The summed E-state index contributed by atoms with van der Waals surface area (Å²) in [5, 5.41) is 20.3. The molecular formula is C30H47O6P. The number of rotatable bonds is 9. The van der Waals surface area contributed by atoms with Crippen LogP contribution in [0.15, 0.2) is 47.6 Å². The molecule has 3 saturated carbocycles. The van der Waals surface area contributed by atoms with Gasteiger partial charge in [0.25, 0.3) is 0 Å². The standard InChI is InChI=1S/C30H47O6P/c1-19(2)29(37(34,35-6)36-7)27(32)15-10-20(3)25-13-14-26-22(9-8-16-30(25,26)5)11-12-23-17-24(31)18-28(33)21(23)4/h10-12,15,19-20,24-26,28-29,31,33H,4,8-9,13-14,16-18H2,1-3,5-7H3/b15-10+,22-11-,23-12+/t20?,24-,25?,26+,28+,29?,30-/m1/s1. The van der Waals surface area contributed by atoms with E-state index in [1.165, 1.54) is 19.8 Å². The monoisotopic (exact) mass is 534 g/mol. The molecule has 6 nitrogen and oxygen atoms in total. The van der Waals surface area contributed by atoms with Gasteiger partial charge in [-0.05, 0) is 84.8 Å². The van der Waals surface area contributed by atoms with Crippen LogP contribution in [0.25, 0.3) is 0 Å². The Morgan fingerprint density at radius 3 is 2.46 bits per heavy atom. The van der Waals surface area contributed by atoms with Crippen LogP contribution < -0.4 is 0 Å². The SMILES string of the molecule is C=C1/C(=C/C=C2/CCC[C@]3(C)C(C(C)/C=C/C(=O)C(C(C)C)P(=O)(OC)OC)CC[C@@H]23)C[C@@H](O)C[C@@H]1O. The zero-order chi connectivity index (χ0) is 27.5. The van der Waals surface area contributed by atoms with Gasteiger partial charge in [0.15, 0.2) is 5.78 Å². The van der Waals surface area contributed by atoms with Crippen LogP contribution >= 0.6 is 7.60 Å². The number of hydrogen-bond acceptors (Lipinski definition) is 6. The predicted octanol–water partition coefficient (Wildman–Crippen LogP) is 6.40. The third-order valence-corrected chi connectivity index (χ3v) is 11.8. The second kappa shape index (κ2) is 12.3. The molecule has 7 atom stereocenters. The van der Waals surface area contributed by atoms with Gasteiger partial charge in [0.1, 0.15) is 5.66 Å². The second-order valence-corrected chi connectivity index (χ2v) is 14.2. The lowest BCUT2D eigenvalue weighted by Crippen LogP contribution is -2.35. The van der Waals surface area contributed by atoms with Crippen molar-refractivity contribution in [2.24, 2.45) is 29.1 Å². The zero-order valence-corrected chi connectivity index (χ0v) is 24.4. The van der Waals surface area contributed by atoms with E-state index >= 15 is 0 Å². The Kier molecular flexibility index (Phi) is 10.0. The van der Waals surface area contributed by atoms with Crippen molar-refractivity contribution in [3.8, 4) is 0 Å². The van der Waals surface area contributed by atoms with Crippen LogP contribution in [0.3, 0.4) is 0 Å². The van der Waals surface area contributed by atoms with Gasteiger partial charge in [0.2, 0.25) is 0 Å². The topological polar surface area (TPSA) is 93.1 Å². The summed E-state index contributed by atoms with van der Waals surface area (Å²) in [6.45, 7) is 12.4. The van der Waals surface area contributed by atoms with Gasteiger partial charge < -0.3 is 19.3 Å². The number of hydrogen-bond donors (Lipinski definition) is 2. The minimum absolute atomic E-state index is 0.143. The molecule has 0 heterocycles. The Morgan fingerprint density at radius 2 is 1.84 bits per heavy atom. The number of aliphatic hydroxyl groups excluding tert-OH is 2. The van der Waals surface area contributed by atoms with Gasteiger partial charge in [-0.3, -0.25) is 9.36 Å². The van der Waals surface area contributed by atoms with Crippen molar-refractivity contribution in [2.45, 2.75) is 90.5 Å². The van der Waals surface area contributed by atoms with Crippen LogP contribution in [0.4, 0.5) is 0 Å². The molecular weight excluding hydrogens is 487 g/mol. The summed E-state index contributed by atoms with van der Waals surface area (Å²) in [5.41, 5.74) is 2.43. The minimum Gasteiger partial charge on any atom is -0.393 e. The van der Waals surface area contributed by atoms with E-state index in [1.807, 2.05) is 19.9 Å². The van der Waals surface area contributed by atoms with E-state index in [4.69, 9.17) is 9.05 Å². The van der Waals surface area contributed by atoms with Gasteiger partial charge in [-0.1, -0.05) is 58.1 Å². The summed E-state index contributed by atoms with van der Waals surface area (Å²) in [4.78, 5) is 13.1. The molecule has 0 aromatic heterocycles. The predicted molar refractivity (Wildman–Crippen MR) is 148 cm³/mol. The number of aliphatic hydroxyl groups is 2. The summed E-state index contributed by atoms with van der Waals surface area (Å²) >= 11 is 0. The molecule has 2 N–H and O–H groups in total. The van der Waals surface area contributed by atoms with Crippen molar-refractivity contribution in [2.75, 3.05) is 14.2 Å². The van der Waals surface area contributed by atoms with E-state index < -0.39 is 25.5 Å². The molecule has 3 unspecified atom stereocenters. The van der Waals surface area contributed by atoms with Crippen LogP contribution in [-0.2, 0) is 18.4 Å². The molecule has 0 saturated heterocycles. The lowest BCUT2D eigenvalue weighted by molar-refractivity contribution is -0.115. The Morgan fingerprint density at radius 1 is 1.16 bits per heavy atom. The summed E-state index contributed by atoms with van der Waals surface area (Å²) in [5.74, 6) is 0.750. The fraction of sp³-hybridized carbons (Fsp3) is 0.700. The molecule has 208 valence electrons. The van der Waals surface area contributed by atoms with E-state index in [2.05, 4.69) is 32.6 Å². The fourth-order valence-corrected chi connectivity index (χ4v) is 8.97. The smallest absolute Gasteiger partial charge is 0.341 e. The lowest BCUT2D eigenvalue weighted by Gasteiger charge is -2.44. The molecule has 3 rings (SSSR count). The highest BCUT2D eigenvalue weighted by molar-refractivity contribution is 7.55. The average Bonchev–Trinajstić information content (AvgIpc) is 3.21. The highest BCUT2D eigenvalue weighted by atomic mass is 31.2. The van der Waals surface area contributed by atoms with Crippen molar-refractivity contribution in [1.29, 1.82) is 0 Å². The van der Waals surface area contributed by atoms with Gasteiger partial charge in [-0.2, -0.15) is 0 Å². The molecule has 7 heteroatoms. The first kappa shape index (κ1) is 30.2. The Balaban J connectivity index is 1.77. The summed E-state index contributed by atoms with van der Waals surface area (Å²) < 4.78 is 23.3. The average molecular weight is 535 g/mol. The van der Waals surface area contributed by atoms with Gasteiger partial charge in [0, 0.05) is 20.6 Å². The van der Waals surface area contributed by atoms with Crippen molar-refractivity contribution in [1.82, 2.24) is 0 Å². The van der Waals surface area contributed by atoms with Crippen LogP contribution in [0.2, 0.25) is 0 Å². The van der Waals surface area contributed by atoms with E-state index in [0.717, 1.165) is 43.3 Å². The van der Waals surface area contributed by atoms with Gasteiger partial charge in [0.05, 0.1) is 12.2 Å². The molecule has 3 fully saturated rings. The van der Waals surface area contributed by atoms with Crippen molar-refractivity contribution in [3.05, 3.63) is 47.6 Å². The number of ketones is 1. The van der Waals surface area contributed by atoms with Gasteiger partial charge in [-0.25, -0.2) is 0 Å². The fourth-order valence-electron chi connectivity index (χ4n) is 7.24. The third-order valence-electron chi connectivity index (χ3n) is 9.27. The third kappa shape index (κ3) is 6.31. The van der Waals surface area contributed by atoms with Crippen LogP contribution in [0, 0.1) is 29.1 Å². The second-order valence-electron chi connectivity index (χ2n) is 11.9. The highest BCUT2D eigenvalue weighted by Crippen LogP contribution is 2.60. The lowest BCUT2D eigenvalue weighted by atomic mass is 9.61. The molecule has 0 amide bonds. The molecule has 0 radical (unpaired) electrons. The molecule has 0 spiro atoms. The quantitative estimate of drug-likeness (QED) is 0.263. The zero-order valence-electron chi connectivity index (χ0n) is 23.5. The number of fused-ring (bicyclic) bond motifs is 1. The van der Waals surface area contributed by atoms with E-state index in [-0.39, 0.29) is 23.0 Å². The Labute approximate surface area is 223 Å². The number of allylic oxidation sites excluding steroid dienone is 5. The van der Waals surface area contributed by atoms with Crippen LogP contribution in [-0.4, -0.2) is 48.1 Å². The largest absolute Gasteiger partial charge is 0.393 e. The summed E-state index contributed by atoms with van der Waals surface area (Å²) in [6.07, 6.45) is 13.2. The summed E-state index contributed by atoms with van der Waals surface area (Å²) in [7, 11) is -0.856. The maximum Gasteiger partial charge on any atom is 0.341 e. The maximum absolute atomic E-state index is 13.1. The van der Waals surface area contributed by atoms with E-state index in [9.17, 15) is 19.6 Å². The first-order valence-corrected chi connectivity index (χ1v) is 15.4. The van der Waals surface area contributed by atoms with Gasteiger partial charge >= 0.3 is 7.60 Å².